The Kier molecular flexibility index (Phi) is 5.00. The minimum absolute atomic E-state index is 0.323. The number of halogens is 6. The average molecular weight is 434 g/mol. The lowest BCUT2D eigenvalue weighted by atomic mass is 10.1. The molecule has 0 aliphatic carbocycles. The van der Waals surface area contributed by atoms with Crippen LogP contribution in [0.25, 0.3) is 22.0 Å². The molecule has 0 aliphatic rings. The van der Waals surface area contributed by atoms with Gasteiger partial charge in [-0.3, -0.25) is 4.98 Å². The van der Waals surface area contributed by atoms with Gasteiger partial charge in [0.2, 0.25) is 0 Å². The molecule has 0 radical (unpaired) electrons. The summed E-state index contributed by atoms with van der Waals surface area (Å²) in [4.78, 5) is 3.88. The number of alkyl halides is 6. The number of pyridine rings is 1. The van der Waals surface area contributed by atoms with E-state index in [1.807, 2.05) is 0 Å². The van der Waals surface area contributed by atoms with E-state index < -0.39 is 23.5 Å². The number of nitrogens with zero attached hydrogens (tertiary/aromatic N) is 3. The Morgan fingerprint density at radius 1 is 0.710 bits per heavy atom. The molecule has 0 amide bonds. The van der Waals surface area contributed by atoms with Gasteiger partial charge in [0.15, 0.2) is 5.82 Å². The van der Waals surface area contributed by atoms with Gasteiger partial charge >= 0.3 is 12.4 Å². The fraction of sp³-hybridized carbons (Fsp3) is 0.0952. The summed E-state index contributed by atoms with van der Waals surface area (Å²) in [6.45, 7) is 0. The van der Waals surface area contributed by atoms with E-state index in [0.717, 1.165) is 24.4 Å². The normalized spacial score (nSPS) is 12.2. The highest BCUT2D eigenvalue weighted by Crippen LogP contribution is 2.33. The van der Waals surface area contributed by atoms with Crippen molar-refractivity contribution >= 4 is 22.3 Å². The summed E-state index contributed by atoms with van der Waals surface area (Å²) in [5, 5.41) is 12.1. The first-order valence-corrected chi connectivity index (χ1v) is 8.84. The maximum absolute atomic E-state index is 12.7. The first kappa shape index (κ1) is 20.6. The van der Waals surface area contributed by atoms with Crippen LogP contribution >= 0.6 is 0 Å². The fourth-order valence-corrected chi connectivity index (χ4v) is 2.95. The largest absolute Gasteiger partial charge is 0.417 e. The van der Waals surface area contributed by atoms with Gasteiger partial charge in [-0.25, -0.2) is 0 Å². The van der Waals surface area contributed by atoms with E-state index in [2.05, 4.69) is 20.5 Å². The SMILES string of the molecule is FC(F)(F)c1ccc(Nc2nncc3cc(-c4ccc(C(F)(F)F)cn4)ccc23)cc1. The molecule has 0 unspecified atom stereocenters. The van der Waals surface area contributed by atoms with Gasteiger partial charge in [0.1, 0.15) is 0 Å². The minimum atomic E-state index is -4.47. The number of benzene rings is 2. The van der Waals surface area contributed by atoms with Crippen molar-refractivity contribution in [2.75, 3.05) is 5.32 Å². The fourth-order valence-electron chi connectivity index (χ4n) is 2.95. The summed E-state index contributed by atoms with van der Waals surface area (Å²) < 4.78 is 76.3. The van der Waals surface area contributed by atoms with Crippen LogP contribution in [-0.2, 0) is 12.4 Å². The molecule has 0 fully saturated rings. The van der Waals surface area contributed by atoms with Crippen LogP contribution in [0.1, 0.15) is 11.1 Å². The molecule has 4 rings (SSSR count). The van der Waals surface area contributed by atoms with E-state index in [4.69, 9.17) is 0 Å². The van der Waals surface area contributed by atoms with Crippen LogP contribution in [-0.4, -0.2) is 15.2 Å². The van der Waals surface area contributed by atoms with Crippen LogP contribution < -0.4 is 5.32 Å². The zero-order valence-electron chi connectivity index (χ0n) is 15.5. The second-order valence-corrected chi connectivity index (χ2v) is 6.63. The van der Waals surface area contributed by atoms with Crippen molar-refractivity contribution in [3.05, 3.63) is 78.1 Å². The van der Waals surface area contributed by atoms with Crippen LogP contribution in [0.5, 0.6) is 0 Å². The predicted octanol–water partition coefficient (Wildman–Crippen LogP) is 6.47. The first-order chi connectivity index (χ1) is 14.6. The van der Waals surface area contributed by atoms with Crippen molar-refractivity contribution in [1.82, 2.24) is 15.2 Å². The third kappa shape index (κ3) is 4.42. The molecule has 0 atom stereocenters. The zero-order chi connectivity index (χ0) is 22.2. The highest BCUT2D eigenvalue weighted by Gasteiger charge is 2.31. The number of rotatable bonds is 3. The Morgan fingerprint density at radius 3 is 2.00 bits per heavy atom. The molecule has 0 aliphatic heterocycles. The van der Waals surface area contributed by atoms with Gasteiger partial charge in [0.05, 0.1) is 23.0 Å². The topological polar surface area (TPSA) is 50.7 Å². The van der Waals surface area contributed by atoms with Crippen LogP contribution in [0, 0.1) is 0 Å². The molecular weight excluding hydrogens is 422 g/mol. The lowest BCUT2D eigenvalue weighted by Crippen LogP contribution is -2.05. The quantitative estimate of drug-likeness (QED) is 0.376. The van der Waals surface area contributed by atoms with Crippen molar-refractivity contribution in [1.29, 1.82) is 0 Å². The number of nitrogens with one attached hydrogen (secondary N) is 1. The molecule has 0 spiro atoms. The minimum Gasteiger partial charge on any atom is -0.338 e. The average Bonchev–Trinajstić information content (AvgIpc) is 2.73. The number of aromatic nitrogens is 3. The molecule has 0 saturated carbocycles. The summed E-state index contributed by atoms with van der Waals surface area (Å²) in [6.07, 6.45) is -6.66. The molecule has 158 valence electrons. The van der Waals surface area contributed by atoms with Gasteiger partial charge in [-0.05, 0) is 48.5 Å². The summed E-state index contributed by atoms with van der Waals surface area (Å²) >= 11 is 0. The Labute approximate surface area is 171 Å². The zero-order valence-corrected chi connectivity index (χ0v) is 15.5. The molecule has 10 heteroatoms. The molecule has 2 aromatic heterocycles. The lowest BCUT2D eigenvalue weighted by molar-refractivity contribution is -0.138. The molecular formula is C21H12F6N4. The molecule has 4 aromatic rings. The molecule has 0 saturated heterocycles. The van der Waals surface area contributed by atoms with Crippen LogP contribution in [0.3, 0.4) is 0 Å². The summed E-state index contributed by atoms with van der Waals surface area (Å²) in [5.41, 5.74) is -0.288. The van der Waals surface area contributed by atoms with Gasteiger partial charge in [0, 0.05) is 28.2 Å². The summed E-state index contributed by atoms with van der Waals surface area (Å²) in [7, 11) is 0. The van der Waals surface area contributed by atoms with Crippen LogP contribution in [0.2, 0.25) is 0 Å². The number of hydrogen-bond donors (Lipinski definition) is 1. The first-order valence-electron chi connectivity index (χ1n) is 8.84. The molecule has 0 bridgehead atoms. The summed E-state index contributed by atoms with van der Waals surface area (Å²) in [6, 6.07) is 11.7. The van der Waals surface area contributed by atoms with Crippen molar-refractivity contribution in [2.45, 2.75) is 12.4 Å². The monoisotopic (exact) mass is 434 g/mol. The van der Waals surface area contributed by atoms with E-state index >= 15 is 0 Å². The van der Waals surface area contributed by atoms with E-state index in [9.17, 15) is 26.3 Å². The predicted molar refractivity (Wildman–Crippen MR) is 102 cm³/mol. The van der Waals surface area contributed by atoms with Gasteiger partial charge in [-0.15, -0.1) is 5.10 Å². The molecule has 1 N–H and O–H groups in total. The third-order valence-electron chi connectivity index (χ3n) is 4.52. The van der Waals surface area contributed by atoms with Crippen molar-refractivity contribution in [3.8, 4) is 11.3 Å². The second kappa shape index (κ2) is 7.53. The Hall–Kier alpha value is -3.69. The van der Waals surface area contributed by atoms with Gasteiger partial charge < -0.3 is 5.32 Å². The van der Waals surface area contributed by atoms with E-state index in [-0.39, 0.29) is 0 Å². The Morgan fingerprint density at radius 2 is 1.39 bits per heavy atom. The smallest absolute Gasteiger partial charge is 0.338 e. The van der Waals surface area contributed by atoms with E-state index in [1.165, 1.54) is 24.4 Å². The number of fused-ring (bicyclic) bond motifs is 1. The maximum Gasteiger partial charge on any atom is 0.417 e. The van der Waals surface area contributed by atoms with Crippen molar-refractivity contribution < 1.29 is 26.3 Å². The van der Waals surface area contributed by atoms with E-state index in [0.29, 0.717) is 33.5 Å². The number of hydrogen-bond acceptors (Lipinski definition) is 4. The second-order valence-electron chi connectivity index (χ2n) is 6.63. The molecule has 4 nitrogen and oxygen atoms in total. The lowest BCUT2D eigenvalue weighted by Gasteiger charge is -2.11. The van der Waals surface area contributed by atoms with Crippen molar-refractivity contribution in [3.63, 3.8) is 0 Å². The van der Waals surface area contributed by atoms with Crippen molar-refractivity contribution in [2.24, 2.45) is 0 Å². The van der Waals surface area contributed by atoms with Gasteiger partial charge in [-0.1, -0.05) is 6.07 Å². The number of anilines is 2. The molecule has 31 heavy (non-hydrogen) atoms. The summed E-state index contributed by atoms with van der Waals surface area (Å²) in [5.74, 6) is 0.323. The standard InChI is InChI=1S/C21H12F6N4/c22-20(23,24)14-2-5-16(6-3-14)30-19-17-7-1-12(9-13(17)10-29-31-19)18-8-4-15(11-28-18)21(25,26)27/h1-11H,(H,30,31). The van der Waals surface area contributed by atoms with Gasteiger partial charge in [0.25, 0.3) is 0 Å². The van der Waals surface area contributed by atoms with Crippen LogP contribution in [0.15, 0.2) is 67.0 Å². The Balaban J connectivity index is 1.63. The Bertz CT molecular complexity index is 1220. The highest BCUT2D eigenvalue weighted by molar-refractivity contribution is 5.94. The molecule has 2 aromatic carbocycles. The molecule has 2 heterocycles. The van der Waals surface area contributed by atoms with E-state index in [1.54, 1.807) is 18.2 Å². The maximum atomic E-state index is 12.7. The highest BCUT2D eigenvalue weighted by atomic mass is 19.4. The third-order valence-corrected chi connectivity index (χ3v) is 4.52. The van der Waals surface area contributed by atoms with Crippen LogP contribution in [0.4, 0.5) is 37.8 Å². The van der Waals surface area contributed by atoms with Gasteiger partial charge in [-0.2, -0.15) is 31.4 Å².